The fourth-order valence-electron chi connectivity index (χ4n) is 2.27. The molecule has 0 spiro atoms. The lowest BCUT2D eigenvalue weighted by molar-refractivity contribution is 0.160. The average molecular weight is 290 g/mol. The topological polar surface area (TPSA) is 101 Å². The number of aryl methyl sites for hydroxylation is 2. The molecule has 0 saturated heterocycles. The van der Waals surface area contributed by atoms with E-state index >= 15 is 0 Å². The molecule has 0 aliphatic rings. The zero-order chi connectivity index (χ0) is 15.6. The van der Waals surface area contributed by atoms with Crippen LogP contribution in [0.1, 0.15) is 29.2 Å². The zero-order valence-electron chi connectivity index (χ0n) is 11.6. The molecule has 5 heteroatoms. The van der Waals surface area contributed by atoms with Gasteiger partial charge in [-0.15, -0.1) is 0 Å². The van der Waals surface area contributed by atoms with E-state index < -0.39 is 6.10 Å². The van der Waals surface area contributed by atoms with Gasteiger partial charge in [0.1, 0.15) is 11.5 Å². The minimum atomic E-state index is -1.03. The van der Waals surface area contributed by atoms with Crippen LogP contribution in [0.4, 0.5) is 0 Å². The Balaban J connectivity index is 2.11. The third-order valence-corrected chi connectivity index (χ3v) is 3.36. The number of phenols is 4. The van der Waals surface area contributed by atoms with E-state index in [-0.39, 0.29) is 35.0 Å². The third kappa shape index (κ3) is 3.38. The molecule has 2 rings (SSSR count). The first-order valence-electron chi connectivity index (χ1n) is 6.60. The van der Waals surface area contributed by atoms with Gasteiger partial charge in [-0.25, -0.2) is 0 Å². The smallest absolute Gasteiger partial charge is 0.157 e. The predicted octanol–water partition coefficient (Wildman–Crippen LogP) is 2.48. The van der Waals surface area contributed by atoms with Crippen LogP contribution in [-0.4, -0.2) is 25.5 Å². The molecular formula is C16H18O5. The molecule has 0 aromatic heterocycles. The summed E-state index contributed by atoms with van der Waals surface area (Å²) in [6, 6.07) is 7.38. The minimum absolute atomic E-state index is 0.101. The fraction of sp³-hybridized carbons (Fsp3) is 0.250. The van der Waals surface area contributed by atoms with Crippen molar-refractivity contribution in [2.75, 3.05) is 0 Å². The van der Waals surface area contributed by atoms with E-state index in [1.807, 2.05) is 0 Å². The Morgan fingerprint density at radius 3 is 2.05 bits per heavy atom. The molecule has 0 aliphatic heterocycles. The maximum absolute atomic E-state index is 10.1. The van der Waals surface area contributed by atoms with Gasteiger partial charge in [-0.1, -0.05) is 6.07 Å². The maximum atomic E-state index is 10.1. The molecule has 0 aliphatic carbocycles. The molecule has 0 fully saturated rings. The lowest BCUT2D eigenvalue weighted by Crippen LogP contribution is -2.01. The highest BCUT2D eigenvalue weighted by atomic mass is 16.3. The molecule has 1 atom stereocenters. The first kappa shape index (κ1) is 15.0. The van der Waals surface area contributed by atoms with E-state index in [0.717, 1.165) is 5.56 Å². The number of hydrogen-bond acceptors (Lipinski definition) is 5. The van der Waals surface area contributed by atoms with Crippen LogP contribution in [0.5, 0.6) is 23.0 Å². The molecule has 2 aromatic carbocycles. The second-order valence-electron chi connectivity index (χ2n) is 5.09. The highest BCUT2D eigenvalue weighted by Gasteiger charge is 2.17. The highest BCUT2D eigenvalue weighted by Crippen LogP contribution is 2.36. The van der Waals surface area contributed by atoms with Crippen molar-refractivity contribution in [3.8, 4) is 23.0 Å². The van der Waals surface area contributed by atoms with Crippen molar-refractivity contribution in [3.63, 3.8) is 0 Å². The molecule has 5 nitrogen and oxygen atoms in total. The summed E-state index contributed by atoms with van der Waals surface area (Å²) in [4.78, 5) is 0. The number of aromatic hydroxyl groups is 4. The number of phenolic OH excluding ortho intramolecular Hbond substituents is 4. The van der Waals surface area contributed by atoms with Crippen molar-refractivity contribution in [2.45, 2.75) is 25.9 Å². The van der Waals surface area contributed by atoms with Crippen LogP contribution >= 0.6 is 0 Å². The van der Waals surface area contributed by atoms with Gasteiger partial charge < -0.3 is 25.5 Å². The highest BCUT2D eigenvalue weighted by molar-refractivity contribution is 5.47. The lowest BCUT2D eigenvalue weighted by Gasteiger charge is -2.15. The van der Waals surface area contributed by atoms with Gasteiger partial charge in [0.05, 0.1) is 11.7 Å². The van der Waals surface area contributed by atoms with Crippen LogP contribution in [0.2, 0.25) is 0 Å². The van der Waals surface area contributed by atoms with Crippen LogP contribution < -0.4 is 0 Å². The number of aliphatic hydroxyl groups excluding tert-OH is 1. The minimum Gasteiger partial charge on any atom is -0.507 e. The van der Waals surface area contributed by atoms with E-state index in [1.54, 1.807) is 13.0 Å². The second-order valence-corrected chi connectivity index (χ2v) is 5.09. The molecule has 0 heterocycles. The van der Waals surface area contributed by atoms with Gasteiger partial charge in [-0.3, -0.25) is 0 Å². The van der Waals surface area contributed by atoms with Crippen molar-refractivity contribution < 1.29 is 25.5 Å². The first-order valence-corrected chi connectivity index (χ1v) is 6.60. The molecule has 112 valence electrons. The summed E-state index contributed by atoms with van der Waals surface area (Å²) >= 11 is 0. The van der Waals surface area contributed by atoms with Crippen LogP contribution in [-0.2, 0) is 6.42 Å². The Hall–Kier alpha value is -2.40. The van der Waals surface area contributed by atoms with Crippen LogP contribution in [0.15, 0.2) is 30.3 Å². The monoisotopic (exact) mass is 290 g/mol. The second kappa shape index (κ2) is 5.93. The van der Waals surface area contributed by atoms with Gasteiger partial charge in [0, 0.05) is 0 Å². The summed E-state index contributed by atoms with van der Waals surface area (Å²) in [5.41, 5.74) is 1.53. The Kier molecular flexibility index (Phi) is 4.23. The van der Waals surface area contributed by atoms with Crippen molar-refractivity contribution >= 4 is 0 Å². The summed E-state index contributed by atoms with van der Waals surface area (Å²) in [6.45, 7) is 1.73. The number of hydrogen-bond donors (Lipinski definition) is 5. The zero-order valence-corrected chi connectivity index (χ0v) is 11.6. The van der Waals surface area contributed by atoms with E-state index in [4.69, 9.17) is 0 Å². The molecule has 0 saturated carbocycles. The summed E-state index contributed by atoms with van der Waals surface area (Å²) in [5, 5.41) is 48.4. The molecule has 0 amide bonds. The van der Waals surface area contributed by atoms with Gasteiger partial charge in [0.15, 0.2) is 11.5 Å². The van der Waals surface area contributed by atoms with Crippen LogP contribution in [0.25, 0.3) is 0 Å². The Morgan fingerprint density at radius 2 is 1.48 bits per heavy atom. The molecule has 2 aromatic rings. The van der Waals surface area contributed by atoms with Crippen LogP contribution in [0, 0.1) is 6.92 Å². The van der Waals surface area contributed by atoms with E-state index in [1.165, 1.54) is 24.3 Å². The quantitative estimate of drug-likeness (QED) is 0.557. The van der Waals surface area contributed by atoms with Crippen molar-refractivity contribution in [2.24, 2.45) is 0 Å². The molecule has 21 heavy (non-hydrogen) atoms. The summed E-state index contributed by atoms with van der Waals surface area (Å²) < 4.78 is 0. The maximum Gasteiger partial charge on any atom is 0.157 e. The van der Waals surface area contributed by atoms with Crippen molar-refractivity contribution in [1.82, 2.24) is 0 Å². The average Bonchev–Trinajstić information content (AvgIpc) is 2.39. The van der Waals surface area contributed by atoms with E-state index in [2.05, 4.69) is 0 Å². The lowest BCUT2D eigenvalue weighted by atomic mass is 9.98. The Bertz CT molecular complexity index is 628. The molecule has 5 N–H and O–H groups in total. The van der Waals surface area contributed by atoms with E-state index in [0.29, 0.717) is 12.0 Å². The van der Waals surface area contributed by atoms with Gasteiger partial charge in [-0.05, 0) is 55.2 Å². The van der Waals surface area contributed by atoms with Gasteiger partial charge in [0.25, 0.3) is 0 Å². The predicted molar refractivity (Wildman–Crippen MR) is 77.6 cm³/mol. The molecule has 0 bridgehead atoms. The van der Waals surface area contributed by atoms with Crippen LogP contribution in [0.3, 0.4) is 0 Å². The summed E-state index contributed by atoms with van der Waals surface area (Å²) in [5.74, 6) is -0.710. The van der Waals surface area contributed by atoms with Gasteiger partial charge in [0.2, 0.25) is 0 Å². The fourth-order valence-corrected chi connectivity index (χ4v) is 2.27. The normalized spacial score (nSPS) is 12.3. The molecule has 0 radical (unpaired) electrons. The van der Waals surface area contributed by atoms with Crippen molar-refractivity contribution in [3.05, 3.63) is 47.0 Å². The SMILES string of the molecule is Cc1cc(O)c(C(O)CCc2ccc(O)c(O)c2)c(O)c1. The number of rotatable bonds is 4. The Labute approximate surface area is 122 Å². The molecule has 1 unspecified atom stereocenters. The Morgan fingerprint density at radius 1 is 0.857 bits per heavy atom. The third-order valence-electron chi connectivity index (χ3n) is 3.36. The van der Waals surface area contributed by atoms with Crippen molar-refractivity contribution in [1.29, 1.82) is 0 Å². The first-order chi connectivity index (χ1) is 9.88. The largest absolute Gasteiger partial charge is 0.507 e. The summed E-state index contributed by atoms with van der Waals surface area (Å²) in [7, 11) is 0. The number of benzene rings is 2. The number of aliphatic hydroxyl groups is 1. The van der Waals surface area contributed by atoms with Gasteiger partial charge in [-0.2, -0.15) is 0 Å². The van der Waals surface area contributed by atoms with E-state index in [9.17, 15) is 25.5 Å². The molecular weight excluding hydrogens is 272 g/mol. The summed E-state index contributed by atoms with van der Waals surface area (Å²) in [6.07, 6.45) is -0.350. The standard InChI is InChI=1S/C16H18O5/c1-9-6-14(20)16(15(21)7-9)12(18)5-3-10-2-4-11(17)13(19)8-10/h2,4,6-8,12,17-21H,3,5H2,1H3. The van der Waals surface area contributed by atoms with Gasteiger partial charge >= 0.3 is 0 Å².